The van der Waals surface area contributed by atoms with Crippen LogP contribution in [0.3, 0.4) is 0 Å². The summed E-state index contributed by atoms with van der Waals surface area (Å²) < 4.78 is 26.1. The van der Waals surface area contributed by atoms with E-state index >= 15 is 0 Å². The second kappa shape index (κ2) is 6.15. The summed E-state index contributed by atoms with van der Waals surface area (Å²) in [4.78, 5) is 12.2. The van der Waals surface area contributed by atoms with Gasteiger partial charge in [-0.2, -0.15) is 0 Å². The lowest BCUT2D eigenvalue weighted by Crippen LogP contribution is -2.43. The van der Waals surface area contributed by atoms with Crippen molar-refractivity contribution in [3.05, 3.63) is 71.3 Å². The molecule has 0 aromatic heterocycles. The maximum absolute atomic E-state index is 13.1. The maximum atomic E-state index is 13.1. The SMILES string of the molecule is O=C1CC(c2ccc(F)cc2)NC(c2ccc(F)cc2)C1Cl. The van der Waals surface area contributed by atoms with E-state index in [1.807, 2.05) is 0 Å². The normalized spacial score (nSPS) is 25.2. The molecule has 0 radical (unpaired) electrons. The molecular formula is C17H14ClF2NO. The van der Waals surface area contributed by atoms with Crippen LogP contribution in [-0.2, 0) is 4.79 Å². The van der Waals surface area contributed by atoms with E-state index in [0.29, 0.717) is 0 Å². The van der Waals surface area contributed by atoms with Gasteiger partial charge in [0.2, 0.25) is 0 Å². The van der Waals surface area contributed by atoms with E-state index < -0.39 is 11.4 Å². The molecular weight excluding hydrogens is 308 g/mol. The molecule has 1 N–H and O–H groups in total. The summed E-state index contributed by atoms with van der Waals surface area (Å²) in [5.74, 6) is -0.743. The zero-order valence-electron chi connectivity index (χ0n) is 11.6. The molecule has 3 unspecified atom stereocenters. The van der Waals surface area contributed by atoms with Gasteiger partial charge in [-0.25, -0.2) is 8.78 Å². The third kappa shape index (κ3) is 3.03. The summed E-state index contributed by atoms with van der Waals surface area (Å²) in [6.45, 7) is 0. The van der Waals surface area contributed by atoms with Crippen LogP contribution in [0, 0.1) is 11.6 Å². The van der Waals surface area contributed by atoms with Gasteiger partial charge >= 0.3 is 0 Å². The smallest absolute Gasteiger partial charge is 0.154 e. The Bertz CT molecular complexity index is 672. The molecule has 2 nitrogen and oxygen atoms in total. The first-order valence-corrected chi connectivity index (χ1v) is 7.42. The number of ketones is 1. The number of carbonyl (C=O) groups excluding carboxylic acids is 1. The summed E-state index contributed by atoms with van der Waals surface area (Å²) >= 11 is 6.22. The topological polar surface area (TPSA) is 29.1 Å². The molecule has 0 aliphatic carbocycles. The Kier molecular flexibility index (Phi) is 4.23. The van der Waals surface area contributed by atoms with Crippen molar-refractivity contribution in [2.24, 2.45) is 0 Å². The Morgan fingerprint density at radius 1 is 0.909 bits per heavy atom. The molecule has 22 heavy (non-hydrogen) atoms. The van der Waals surface area contributed by atoms with Gasteiger partial charge in [0.1, 0.15) is 17.0 Å². The number of hydrogen-bond acceptors (Lipinski definition) is 2. The van der Waals surface area contributed by atoms with Gasteiger partial charge in [0, 0.05) is 12.5 Å². The van der Waals surface area contributed by atoms with Gasteiger partial charge in [0.25, 0.3) is 0 Å². The number of rotatable bonds is 2. The minimum absolute atomic E-state index is 0.0796. The fourth-order valence-electron chi connectivity index (χ4n) is 2.70. The van der Waals surface area contributed by atoms with E-state index in [-0.39, 0.29) is 29.9 Å². The standard InChI is InChI=1S/C17H14ClF2NO/c18-16-15(22)9-14(10-1-5-12(19)6-2-10)21-17(16)11-3-7-13(20)8-4-11/h1-8,14,16-17,21H,9H2. The second-order valence-corrected chi connectivity index (χ2v) is 5.84. The number of piperidine rings is 1. The van der Waals surface area contributed by atoms with Crippen molar-refractivity contribution in [1.29, 1.82) is 0 Å². The molecule has 0 spiro atoms. The minimum Gasteiger partial charge on any atom is -0.301 e. The third-order valence-electron chi connectivity index (χ3n) is 3.89. The summed E-state index contributed by atoms with van der Waals surface area (Å²) in [6.07, 6.45) is 0.248. The maximum Gasteiger partial charge on any atom is 0.154 e. The molecule has 1 saturated heterocycles. The Balaban J connectivity index is 1.88. The fourth-order valence-corrected chi connectivity index (χ4v) is 3.01. The highest BCUT2D eigenvalue weighted by Gasteiger charge is 2.36. The highest BCUT2D eigenvalue weighted by molar-refractivity contribution is 6.32. The molecule has 2 aromatic carbocycles. The number of nitrogens with one attached hydrogen (secondary N) is 1. The van der Waals surface area contributed by atoms with E-state index in [0.717, 1.165) is 11.1 Å². The van der Waals surface area contributed by atoms with E-state index in [9.17, 15) is 13.6 Å². The zero-order chi connectivity index (χ0) is 15.7. The van der Waals surface area contributed by atoms with E-state index in [1.54, 1.807) is 24.3 Å². The first-order chi connectivity index (χ1) is 10.5. The van der Waals surface area contributed by atoms with Gasteiger partial charge in [-0.3, -0.25) is 4.79 Å². The Labute approximate surface area is 132 Å². The van der Waals surface area contributed by atoms with Crippen molar-refractivity contribution in [2.45, 2.75) is 23.9 Å². The lowest BCUT2D eigenvalue weighted by atomic mass is 9.89. The third-order valence-corrected chi connectivity index (χ3v) is 4.38. The molecule has 1 aliphatic rings. The molecule has 0 amide bonds. The van der Waals surface area contributed by atoms with Crippen molar-refractivity contribution < 1.29 is 13.6 Å². The Hall–Kier alpha value is -1.78. The van der Waals surface area contributed by atoms with Crippen LogP contribution < -0.4 is 5.32 Å². The highest BCUT2D eigenvalue weighted by atomic mass is 35.5. The lowest BCUT2D eigenvalue weighted by molar-refractivity contribution is -0.121. The van der Waals surface area contributed by atoms with Crippen LogP contribution in [-0.4, -0.2) is 11.2 Å². The molecule has 0 bridgehead atoms. The predicted octanol–water partition coefficient (Wildman–Crippen LogP) is 3.92. The van der Waals surface area contributed by atoms with Crippen molar-refractivity contribution in [1.82, 2.24) is 5.32 Å². The highest BCUT2D eigenvalue weighted by Crippen LogP contribution is 2.34. The van der Waals surface area contributed by atoms with Crippen LogP contribution in [0.2, 0.25) is 0 Å². The summed E-state index contributed by atoms with van der Waals surface area (Å²) in [5, 5.41) is 2.60. The molecule has 3 rings (SSSR count). The lowest BCUT2D eigenvalue weighted by Gasteiger charge is -2.34. The summed E-state index contributed by atoms with van der Waals surface area (Å²) in [7, 11) is 0. The van der Waals surface area contributed by atoms with Crippen molar-refractivity contribution in [3.8, 4) is 0 Å². The molecule has 1 heterocycles. The molecule has 3 atom stereocenters. The number of benzene rings is 2. The molecule has 1 aliphatic heterocycles. The number of hydrogen-bond donors (Lipinski definition) is 1. The van der Waals surface area contributed by atoms with E-state index in [1.165, 1.54) is 24.3 Å². The van der Waals surface area contributed by atoms with Gasteiger partial charge in [-0.1, -0.05) is 24.3 Å². The van der Waals surface area contributed by atoms with Crippen LogP contribution in [0.5, 0.6) is 0 Å². The van der Waals surface area contributed by atoms with E-state index in [4.69, 9.17) is 11.6 Å². The first-order valence-electron chi connectivity index (χ1n) is 6.98. The van der Waals surface area contributed by atoms with Gasteiger partial charge < -0.3 is 5.32 Å². The molecule has 5 heteroatoms. The Morgan fingerprint density at radius 3 is 1.95 bits per heavy atom. The van der Waals surface area contributed by atoms with Gasteiger partial charge in [0.15, 0.2) is 5.78 Å². The van der Waals surface area contributed by atoms with Gasteiger partial charge in [-0.15, -0.1) is 11.6 Å². The predicted molar refractivity (Wildman–Crippen MR) is 80.7 cm³/mol. The van der Waals surface area contributed by atoms with Gasteiger partial charge in [0.05, 0.1) is 6.04 Å². The summed E-state index contributed by atoms with van der Waals surface area (Å²) in [6, 6.07) is 11.3. The number of Topliss-reactive ketones (excluding diaryl/α,β-unsaturated/α-hetero) is 1. The van der Waals surface area contributed by atoms with Crippen molar-refractivity contribution in [2.75, 3.05) is 0 Å². The van der Waals surface area contributed by atoms with Crippen molar-refractivity contribution >= 4 is 17.4 Å². The second-order valence-electron chi connectivity index (χ2n) is 5.37. The fraction of sp³-hybridized carbons (Fsp3) is 0.235. The largest absolute Gasteiger partial charge is 0.301 e. The molecule has 0 saturated carbocycles. The monoisotopic (exact) mass is 321 g/mol. The van der Waals surface area contributed by atoms with Gasteiger partial charge in [-0.05, 0) is 35.4 Å². The molecule has 1 fully saturated rings. The number of alkyl halides is 1. The van der Waals surface area contributed by atoms with Crippen LogP contribution >= 0.6 is 11.6 Å². The number of halogens is 3. The molecule has 114 valence electrons. The van der Waals surface area contributed by atoms with Crippen molar-refractivity contribution in [3.63, 3.8) is 0 Å². The first kappa shape index (κ1) is 15.1. The number of carbonyl (C=O) groups is 1. The molecule has 2 aromatic rings. The quantitative estimate of drug-likeness (QED) is 0.850. The zero-order valence-corrected chi connectivity index (χ0v) is 12.4. The average Bonchev–Trinajstić information content (AvgIpc) is 2.52. The van der Waals surface area contributed by atoms with E-state index in [2.05, 4.69) is 5.32 Å². The summed E-state index contributed by atoms with van der Waals surface area (Å²) in [5.41, 5.74) is 1.58. The minimum atomic E-state index is -0.706. The van der Waals surface area contributed by atoms with Crippen LogP contribution in [0.1, 0.15) is 29.6 Å². The Morgan fingerprint density at radius 2 is 1.41 bits per heavy atom. The van der Waals surface area contributed by atoms with Crippen LogP contribution in [0.15, 0.2) is 48.5 Å². The average molecular weight is 322 g/mol. The van der Waals surface area contributed by atoms with Crippen LogP contribution in [0.4, 0.5) is 8.78 Å². The van der Waals surface area contributed by atoms with Crippen LogP contribution in [0.25, 0.3) is 0 Å².